The third kappa shape index (κ3) is 4.89. The topological polar surface area (TPSA) is 177 Å². The van der Waals surface area contributed by atoms with Crippen LogP contribution in [0.15, 0.2) is 36.4 Å². The van der Waals surface area contributed by atoms with E-state index in [1.165, 1.54) is 18.2 Å². The molecule has 0 radical (unpaired) electrons. The third-order valence-electron chi connectivity index (χ3n) is 5.14. The second-order valence-corrected chi connectivity index (χ2v) is 7.23. The number of aromatic hydroxyl groups is 2. The number of carbonyl (C=O) groups is 1. The molecule has 1 aliphatic rings. The molecule has 1 heterocycles. The normalized spacial score (nSPS) is 25.9. The Hall–Kier alpha value is -2.89. The Morgan fingerprint density at radius 1 is 0.968 bits per heavy atom. The molecule has 168 valence electrons. The zero-order valence-electron chi connectivity index (χ0n) is 16.3. The van der Waals surface area contributed by atoms with E-state index < -0.39 is 43.3 Å². The molecule has 5 atom stereocenters. The number of aliphatic hydroxyl groups is 4. The zero-order chi connectivity index (χ0) is 22.7. The van der Waals surface area contributed by atoms with E-state index in [2.05, 4.69) is 0 Å². The number of carboxylic acids is 1. The van der Waals surface area contributed by atoms with Gasteiger partial charge in [-0.25, -0.2) is 4.79 Å². The second kappa shape index (κ2) is 9.50. The van der Waals surface area contributed by atoms with Crippen LogP contribution in [0.3, 0.4) is 0 Å². The van der Waals surface area contributed by atoms with Crippen molar-refractivity contribution in [2.75, 3.05) is 6.61 Å². The van der Waals surface area contributed by atoms with Crippen LogP contribution in [0.4, 0.5) is 0 Å². The van der Waals surface area contributed by atoms with Gasteiger partial charge in [-0.15, -0.1) is 0 Å². The molecule has 7 N–H and O–H groups in total. The average molecular weight is 436 g/mol. The number of ether oxygens (including phenoxy) is 2. The highest BCUT2D eigenvalue weighted by atomic mass is 16.7. The Morgan fingerprint density at radius 3 is 2.39 bits per heavy atom. The molecule has 0 amide bonds. The molecule has 0 spiro atoms. The summed E-state index contributed by atoms with van der Waals surface area (Å²) in [4.78, 5) is 11.4. The van der Waals surface area contributed by atoms with Gasteiger partial charge < -0.3 is 45.2 Å². The lowest BCUT2D eigenvalue weighted by atomic mass is 9.98. The Kier molecular flexibility index (Phi) is 6.98. The van der Waals surface area contributed by atoms with Crippen molar-refractivity contribution in [2.24, 2.45) is 0 Å². The highest BCUT2D eigenvalue weighted by molar-refractivity contribution is 5.92. The largest absolute Gasteiger partial charge is 0.507 e. The van der Waals surface area contributed by atoms with E-state index in [1.807, 2.05) is 0 Å². The Bertz CT molecular complexity index is 928. The molecule has 1 aliphatic heterocycles. The monoisotopic (exact) mass is 436 g/mol. The van der Waals surface area contributed by atoms with Crippen LogP contribution in [0.2, 0.25) is 0 Å². The maximum absolute atomic E-state index is 11.4. The van der Waals surface area contributed by atoms with E-state index in [0.717, 1.165) is 0 Å². The first-order valence-corrected chi connectivity index (χ1v) is 9.56. The van der Waals surface area contributed by atoms with Crippen LogP contribution in [0.5, 0.6) is 17.2 Å². The molecule has 3 rings (SSSR count). The Morgan fingerprint density at radius 2 is 1.71 bits per heavy atom. The summed E-state index contributed by atoms with van der Waals surface area (Å²) in [6, 6.07) is 8.82. The lowest BCUT2D eigenvalue weighted by Crippen LogP contribution is -2.60. The third-order valence-corrected chi connectivity index (χ3v) is 5.14. The number of phenolic OH excluding ortho intramolecular Hbond substituents is 1. The molecule has 1 fully saturated rings. The van der Waals surface area contributed by atoms with E-state index in [-0.39, 0.29) is 29.2 Å². The summed E-state index contributed by atoms with van der Waals surface area (Å²) in [5, 5.41) is 68.3. The molecule has 10 nitrogen and oxygen atoms in total. The number of aliphatic hydroxyl groups excluding tert-OH is 4. The number of hydrogen-bond acceptors (Lipinski definition) is 9. The van der Waals surface area contributed by atoms with Gasteiger partial charge in [-0.05, 0) is 42.2 Å². The van der Waals surface area contributed by atoms with E-state index >= 15 is 0 Å². The van der Waals surface area contributed by atoms with Gasteiger partial charge in [0.15, 0.2) is 11.5 Å². The van der Waals surface area contributed by atoms with Crippen molar-refractivity contribution in [3.8, 4) is 17.2 Å². The van der Waals surface area contributed by atoms with Crippen molar-refractivity contribution in [2.45, 2.75) is 43.5 Å². The minimum Gasteiger partial charge on any atom is -0.507 e. The van der Waals surface area contributed by atoms with Gasteiger partial charge >= 0.3 is 5.97 Å². The summed E-state index contributed by atoms with van der Waals surface area (Å²) < 4.78 is 10.8. The molecular formula is C21H24O10. The fraction of sp³-hybridized carbons (Fsp3) is 0.381. The second-order valence-electron chi connectivity index (χ2n) is 7.23. The lowest BCUT2D eigenvalue weighted by Gasteiger charge is -2.39. The van der Waals surface area contributed by atoms with Gasteiger partial charge in [0.1, 0.15) is 35.7 Å². The lowest BCUT2D eigenvalue weighted by molar-refractivity contribution is -0.277. The fourth-order valence-electron chi connectivity index (χ4n) is 3.42. The maximum Gasteiger partial charge on any atom is 0.339 e. The van der Waals surface area contributed by atoms with E-state index in [9.17, 15) is 40.5 Å². The molecule has 2 aromatic carbocycles. The summed E-state index contributed by atoms with van der Waals surface area (Å²) in [5.41, 5.74) is 0.896. The fourth-order valence-corrected chi connectivity index (χ4v) is 3.42. The summed E-state index contributed by atoms with van der Waals surface area (Å²) in [6.07, 6.45) is -6.79. The number of carboxylic acid groups (broad SMARTS) is 1. The van der Waals surface area contributed by atoms with Gasteiger partial charge in [-0.3, -0.25) is 0 Å². The Labute approximate surface area is 177 Å². The quantitative estimate of drug-likeness (QED) is 0.306. The molecule has 31 heavy (non-hydrogen) atoms. The van der Waals surface area contributed by atoms with Gasteiger partial charge in [-0.2, -0.15) is 0 Å². The van der Waals surface area contributed by atoms with Gasteiger partial charge in [0, 0.05) is 0 Å². The van der Waals surface area contributed by atoms with Crippen molar-refractivity contribution in [3.63, 3.8) is 0 Å². The molecule has 0 aliphatic carbocycles. The van der Waals surface area contributed by atoms with Crippen molar-refractivity contribution >= 4 is 5.97 Å². The van der Waals surface area contributed by atoms with Crippen molar-refractivity contribution in [3.05, 3.63) is 53.1 Å². The first-order valence-electron chi connectivity index (χ1n) is 9.56. The SMILES string of the molecule is O=C(O)c1c(O)cccc1CCc1ccc(O)c(O[C@@H]2O[C@H](CO)[C@@H](O)[C@H](O)[C@@H]2O)c1. The van der Waals surface area contributed by atoms with Crippen molar-refractivity contribution in [1.29, 1.82) is 0 Å². The minimum absolute atomic E-state index is 0.0730. The molecular weight excluding hydrogens is 412 g/mol. The predicted octanol–water partition coefficient (Wildman–Crippen LogP) is -0.240. The number of rotatable bonds is 7. The molecule has 0 aromatic heterocycles. The van der Waals surface area contributed by atoms with Gasteiger partial charge in [0.2, 0.25) is 6.29 Å². The van der Waals surface area contributed by atoms with Crippen molar-refractivity contribution < 1.29 is 50.0 Å². The number of benzene rings is 2. The number of phenols is 2. The summed E-state index contributed by atoms with van der Waals surface area (Å²) >= 11 is 0. The van der Waals surface area contributed by atoms with Gasteiger partial charge in [0.05, 0.1) is 6.61 Å². The molecule has 2 aromatic rings. The first-order chi connectivity index (χ1) is 14.7. The highest BCUT2D eigenvalue weighted by Gasteiger charge is 2.44. The smallest absolute Gasteiger partial charge is 0.339 e. The Balaban J connectivity index is 1.76. The maximum atomic E-state index is 11.4. The van der Waals surface area contributed by atoms with Crippen LogP contribution in [0, 0.1) is 0 Å². The standard InChI is InChI=1S/C21H24O10/c22-9-15-17(25)18(26)19(27)21(31-15)30-14-8-10(5-7-12(14)23)4-6-11-2-1-3-13(24)16(11)20(28)29/h1-3,5,7-8,15,17-19,21-27H,4,6,9H2,(H,28,29)/t15-,17-,18+,19+,21-/m1/s1. The zero-order valence-corrected chi connectivity index (χ0v) is 16.3. The van der Waals surface area contributed by atoms with Crippen LogP contribution < -0.4 is 4.74 Å². The van der Waals surface area contributed by atoms with Crippen molar-refractivity contribution in [1.82, 2.24) is 0 Å². The first kappa shape index (κ1) is 22.8. The van der Waals surface area contributed by atoms with Crippen LogP contribution >= 0.6 is 0 Å². The molecule has 0 unspecified atom stereocenters. The molecule has 1 saturated heterocycles. The molecule has 0 bridgehead atoms. The van der Waals surface area contributed by atoms with E-state index in [1.54, 1.807) is 18.2 Å². The number of aromatic carboxylic acids is 1. The molecule has 10 heteroatoms. The summed E-state index contributed by atoms with van der Waals surface area (Å²) in [7, 11) is 0. The average Bonchev–Trinajstić information content (AvgIpc) is 2.74. The minimum atomic E-state index is -1.63. The van der Waals surface area contributed by atoms with Crippen LogP contribution in [-0.2, 0) is 17.6 Å². The van der Waals surface area contributed by atoms with Crippen LogP contribution in [0.1, 0.15) is 21.5 Å². The van der Waals surface area contributed by atoms with Crippen LogP contribution in [0.25, 0.3) is 0 Å². The number of aryl methyl sites for hydroxylation is 2. The molecule has 0 saturated carbocycles. The van der Waals surface area contributed by atoms with E-state index in [0.29, 0.717) is 17.5 Å². The summed E-state index contributed by atoms with van der Waals surface area (Å²) in [5.74, 6) is -1.92. The van der Waals surface area contributed by atoms with Gasteiger partial charge in [0.25, 0.3) is 0 Å². The highest BCUT2D eigenvalue weighted by Crippen LogP contribution is 2.32. The predicted molar refractivity (Wildman–Crippen MR) is 105 cm³/mol. The number of hydrogen-bond donors (Lipinski definition) is 7. The van der Waals surface area contributed by atoms with Crippen LogP contribution in [-0.4, -0.2) is 79.0 Å². The van der Waals surface area contributed by atoms with E-state index in [4.69, 9.17) is 9.47 Å². The summed E-state index contributed by atoms with van der Waals surface area (Å²) in [6.45, 7) is -0.618. The van der Waals surface area contributed by atoms with Gasteiger partial charge in [-0.1, -0.05) is 18.2 Å².